The van der Waals surface area contributed by atoms with Gasteiger partial charge in [-0.25, -0.2) is 9.97 Å². The molecule has 0 bridgehead atoms. The quantitative estimate of drug-likeness (QED) is 0.741. The molecule has 2 rings (SSSR count). The van der Waals surface area contributed by atoms with E-state index in [1.54, 1.807) is 19.3 Å². The summed E-state index contributed by atoms with van der Waals surface area (Å²) in [7, 11) is 3.49. The SMILES string of the molecule is CNC(=O)c1cnc2c(c1)nc(C)n2C. The van der Waals surface area contributed by atoms with Gasteiger partial charge in [-0.15, -0.1) is 0 Å². The van der Waals surface area contributed by atoms with E-state index in [1.807, 2.05) is 18.5 Å². The molecule has 0 fully saturated rings. The van der Waals surface area contributed by atoms with Crippen molar-refractivity contribution in [3.05, 3.63) is 23.7 Å². The number of carbonyl (C=O) groups is 1. The van der Waals surface area contributed by atoms with E-state index in [9.17, 15) is 4.79 Å². The molecule has 78 valence electrons. The molecule has 0 radical (unpaired) electrons. The van der Waals surface area contributed by atoms with Gasteiger partial charge >= 0.3 is 0 Å². The standard InChI is InChI=1S/C10H12N4O/c1-6-13-8-4-7(10(15)11-2)5-12-9(8)14(6)3/h4-5H,1-3H3,(H,11,15). The van der Waals surface area contributed by atoms with Crippen molar-refractivity contribution >= 4 is 17.1 Å². The van der Waals surface area contributed by atoms with E-state index in [1.165, 1.54) is 0 Å². The fraction of sp³-hybridized carbons (Fsp3) is 0.300. The molecule has 0 aromatic carbocycles. The molecule has 1 N–H and O–H groups in total. The molecule has 2 aromatic rings. The predicted molar refractivity (Wildman–Crippen MR) is 56.6 cm³/mol. The summed E-state index contributed by atoms with van der Waals surface area (Å²) in [5.74, 6) is 0.735. The summed E-state index contributed by atoms with van der Waals surface area (Å²) in [6.07, 6.45) is 1.56. The highest BCUT2D eigenvalue weighted by Crippen LogP contribution is 2.13. The second-order valence-electron chi connectivity index (χ2n) is 3.36. The molecule has 0 saturated carbocycles. The van der Waals surface area contributed by atoms with E-state index in [4.69, 9.17) is 0 Å². The van der Waals surface area contributed by atoms with Crippen molar-refractivity contribution in [3.8, 4) is 0 Å². The zero-order chi connectivity index (χ0) is 11.0. The maximum absolute atomic E-state index is 11.4. The molecule has 0 aliphatic heterocycles. The topological polar surface area (TPSA) is 59.8 Å². The van der Waals surface area contributed by atoms with Crippen LogP contribution >= 0.6 is 0 Å². The molecule has 0 spiro atoms. The maximum Gasteiger partial charge on any atom is 0.252 e. The highest BCUT2D eigenvalue weighted by Gasteiger charge is 2.09. The molecule has 2 aromatic heterocycles. The Kier molecular flexibility index (Phi) is 2.15. The summed E-state index contributed by atoms with van der Waals surface area (Å²) in [6.45, 7) is 1.90. The van der Waals surface area contributed by atoms with Crippen LogP contribution < -0.4 is 5.32 Å². The molecule has 0 aliphatic rings. The highest BCUT2D eigenvalue weighted by atomic mass is 16.1. The molecule has 1 amide bonds. The van der Waals surface area contributed by atoms with Gasteiger partial charge < -0.3 is 9.88 Å². The van der Waals surface area contributed by atoms with Gasteiger partial charge in [0.2, 0.25) is 0 Å². The smallest absolute Gasteiger partial charge is 0.252 e. The number of nitrogens with one attached hydrogen (secondary N) is 1. The van der Waals surface area contributed by atoms with Gasteiger partial charge in [-0.2, -0.15) is 0 Å². The molecular weight excluding hydrogens is 192 g/mol. The minimum absolute atomic E-state index is 0.146. The Hall–Kier alpha value is -1.91. The summed E-state index contributed by atoms with van der Waals surface area (Å²) in [6, 6.07) is 1.74. The Balaban J connectivity index is 2.62. The summed E-state index contributed by atoms with van der Waals surface area (Å²) >= 11 is 0. The van der Waals surface area contributed by atoms with E-state index in [-0.39, 0.29) is 5.91 Å². The van der Waals surface area contributed by atoms with Crippen molar-refractivity contribution in [3.63, 3.8) is 0 Å². The van der Waals surface area contributed by atoms with Crippen molar-refractivity contribution < 1.29 is 4.79 Å². The largest absolute Gasteiger partial charge is 0.355 e. The summed E-state index contributed by atoms with van der Waals surface area (Å²) in [4.78, 5) is 19.9. The zero-order valence-corrected chi connectivity index (χ0v) is 8.90. The number of pyridine rings is 1. The minimum atomic E-state index is -0.146. The van der Waals surface area contributed by atoms with Crippen LogP contribution in [0.1, 0.15) is 16.2 Å². The lowest BCUT2D eigenvalue weighted by Gasteiger charge is -1.99. The maximum atomic E-state index is 11.4. The third-order valence-corrected chi connectivity index (χ3v) is 2.42. The van der Waals surface area contributed by atoms with Gasteiger partial charge in [-0.1, -0.05) is 0 Å². The van der Waals surface area contributed by atoms with Gasteiger partial charge in [0.15, 0.2) is 5.65 Å². The van der Waals surface area contributed by atoms with Gasteiger partial charge in [0, 0.05) is 20.3 Å². The Morgan fingerprint density at radius 3 is 2.93 bits per heavy atom. The van der Waals surface area contributed by atoms with E-state index in [0.29, 0.717) is 5.56 Å². The van der Waals surface area contributed by atoms with Crippen LogP contribution in [0.2, 0.25) is 0 Å². The Morgan fingerprint density at radius 1 is 1.53 bits per heavy atom. The first-order valence-corrected chi connectivity index (χ1v) is 4.64. The van der Waals surface area contributed by atoms with Gasteiger partial charge in [0.05, 0.1) is 5.56 Å². The van der Waals surface area contributed by atoms with Crippen LogP contribution in [-0.2, 0) is 7.05 Å². The predicted octanol–water partition coefficient (Wildman–Crippen LogP) is 0.636. The van der Waals surface area contributed by atoms with Crippen LogP contribution in [0.5, 0.6) is 0 Å². The molecule has 5 heteroatoms. The normalized spacial score (nSPS) is 10.6. The Bertz CT molecular complexity index is 529. The van der Waals surface area contributed by atoms with Gasteiger partial charge in [-0.05, 0) is 13.0 Å². The number of fused-ring (bicyclic) bond motifs is 1. The highest BCUT2D eigenvalue weighted by molar-refractivity contribution is 5.96. The zero-order valence-electron chi connectivity index (χ0n) is 8.90. The molecule has 5 nitrogen and oxygen atoms in total. The fourth-order valence-corrected chi connectivity index (χ4v) is 1.46. The van der Waals surface area contributed by atoms with Crippen molar-refractivity contribution in [2.45, 2.75) is 6.92 Å². The first kappa shape index (κ1) is 9.64. The Morgan fingerprint density at radius 2 is 2.27 bits per heavy atom. The number of hydrogen-bond acceptors (Lipinski definition) is 3. The second kappa shape index (κ2) is 3.34. The first-order valence-electron chi connectivity index (χ1n) is 4.64. The van der Waals surface area contributed by atoms with Crippen LogP contribution in [-0.4, -0.2) is 27.5 Å². The number of aromatic nitrogens is 3. The summed E-state index contributed by atoms with van der Waals surface area (Å²) in [5, 5.41) is 2.55. The van der Waals surface area contributed by atoms with E-state index >= 15 is 0 Å². The average molecular weight is 204 g/mol. The number of imidazole rings is 1. The van der Waals surface area contributed by atoms with Crippen molar-refractivity contribution in [1.82, 2.24) is 19.9 Å². The van der Waals surface area contributed by atoms with E-state index < -0.39 is 0 Å². The molecule has 0 unspecified atom stereocenters. The third-order valence-electron chi connectivity index (χ3n) is 2.42. The van der Waals surface area contributed by atoms with Crippen LogP contribution in [0.3, 0.4) is 0 Å². The van der Waals surface area contributed by atoms with Gasteiger partial charge in [0.25, 0.3) is 5.91 Å². The van der Waals surface area contributed by atoms with Crippen molar-refractivity contribution in [2.75, 3.05) is 7.05 Å². The average Bonchev–Trinajstić information content (AvgIpc) is 2.53. The van der Waals surface area contributed by atoms with Crippen molar-refractivity contribution in [2.24, 2.45) is 7.05 Å². The molecular formula is C10H12N4O. The monoisotopic (exact) mass is 204 g/mol. The molecule has 0 saturated heterocycles. The molecule has 0 atom stereocenters. The van der Waals surface area contributed by atoms with Crippen LogP contribution in [0, 0.1) is 6.92 Å². The lowest BCUT2D eigenvalue weighted by Crippen LogP contribution is -2.17. The first-order chi connectivity index (χ1) is 7.13. The third kappa shape index (κ3) is 1.45. The number of carbonyl (C=O) groups excluding carboxylic acids is 1. The van der Waals surface area contributed by atoms with Crippen LogP contribution in [0.15, 0.2) is 12.3 Å². The van der Waals surface area contributed by atoms with E-state index in [2.05, 4.69) is 15.3 Å². The fourth-order valence-electron chi connectivity index (χ4n) is 1.46. The minimum Gasteiger partial charge on any atom is -0.355 e. The lowest BCUT2D eigenvalue weighted by atomic mass is 10.2. The number of rotatable bonds is 1. The number of hydrogen-bond donors (Lipinski definition) is 1. The molecule has 15 heavy (non-hydrogen) atoms. The molecule has 0 aliphatic carbocycles. The van der Waals surface area contributed by atoms with Crippen molar-refractivity contribution in [1.29, 1.82) is 0 Å². The summed E-state index contributed by atoms with van der Waals surface area (Å²) < 4.78 is 1.89. The summed E-state index contributed by atoms with van der Waals surface area (Å²) in [5.41, 5.74) is 2.07. The van der Waals surface area contributed by atoms with Crippen LogP contribution in [0.4, 0.5) is 0 Å². The second-order valence-corrected chi connectivity index (χ2v) is 3.36. The number of amides is 1. The lowest BCUT2D eigenvalue weighted by molar-refractivity contribution is 0.0963. The Labute approximate surface area is 87.1 Å². The van der Waals surface area contributed by atoms with Gasteiger partial charge in [-0.3, -0.25) is 4.79 Å². The van der Waals surface area contributed by atoms with E-state index in [0.717, 1.165) is 17.0 Å². The number of aryl methyl sites for hydroxylation is 2. The van der Waals surface area contributed by atoms with Crippen LogP contribution in [0.25, 0.3) is 11.2 Å². The molecule has 2 heterocycles. The van der Waals surface area contributed by atoms with Gasteiger partial charge in [0.1, 0.15) is 11.3 Å². The number of nitrogens with zero attached hydrogens (tertiary/aromatic N) is 3.